The molecule has 2 bridgehead atoms. The maximum atomic E-state index is 12.6. The van der Waals surface area contributed by atoms with Crippen molar-refractivity contribution in [2.24, 2.45) is 16.7 Å². The van der Waals surface area contributed by atoms with Gasteiger partial charge in [0.15, 0.2) is 0 Å². The largest absolute Gasteiger partial charge is 0.335 e. The predicted octanol–water partition coefficient (Wildman–Crippen LogP) is 1.53. The number of nitrogens with zero attached hydrogens (tertiary/aromatic N) is 1. The van der Waals surface area contributed by atoms with Crippen molar-refractivity contribution in [1.82, 2.24) is 14.9 Å². The zero-order valence-electron chi connectivity index (χ0n) is 14.6. The standard InChI is InChI=1S/C16H29N3O3S/c1-15(2)11-5-7-16(15,3)13(9-11)18-14(20)19-8-6-12(10-19)23(21,22)17-4/h11-13,17H,5-10H2,1-4H3,(H,18,20)/t11-,12-,13+,16-/m1/s1. The van der Waals surface area contributed by atoms with Crippen LogP contribution in [0.2, 0.25) is 0 Å². The van der Waals surface area contributed by atoms with E-state index in [-0.39, 0.29) is 29.4 Å². The number of hydrogen-bond acceptors (Lipinski definition) is 3. The molecule has 0 aromatic carbocycles. The van der Waals surface area contributed by atoms with Gasteiger partial charge in [-0.15, -0.1) is 0 Å². The van der Waals surface area contributed by atoms with Crippen LogP contribution in [0.5, 0.6) is 0 Å². The molecular formula is C16H29N3O3S. The topological polar surface area (TPSA) is 78.5 Å². The van der Waals surface area contributed by atoms with Crippen LogP contribution in [0, 0.1) is 16.7 Å². The molecule has 7 heteroatoms. The van der Waals surface area contributed by atoms with Gasteiger partial charge in [0.05, 0.1) is 5.25 Å². The number of sulfonamides is 1. The van der Waals surface area contributed by atoms with Gasteiger partial charge in [0, 0.05) is 19.1 Å². The van der Waals surface area contributed by atoms with Crippen LogP contribution in [0.15, 0.2) is 0 Å². The third-order valence-electron chi connectivity index (χ3n) is 7.25. The molecule has 6 nitrogen and oxygen atoms in total. The molecule has 0 spiro atoms. The SMILES string of the molecule is CNS(=O)(=O)[C@@H]1CCN(C(=O)N[C@H]2C[C@H]3CC[C@@]2(C)C3(C)C)C1. The first-order valence-electron chi connectivity index (χ1n) is 8.59. The average Bonchev–Trinajstić information content (AvgIpc) is 3.11. The lowest BCUT2D eigenvalue weighted by Crippen LogP contribution is -2.51. The smallest absolute Gasteiger partial charge is 0.317 e. The normalized spacial score (nSPS) is 39.0. The van der Waals surface area contributed by atoms with Crippen molar-refractivity contribution in [3.05, 3.63) is 0 Å². The van der Waals surface area contributed by atoms with Gasteiger partial charge in [0.1, 0.15) is 0 Å². The first-order chi connectivity index (χ1) is 10.6. The highest BCUT2D eigenvalue weighted by atomic mass is 32.2. The minimum absolute atomic E-state index is 0.103. The number of hydrogen-bond donors (Lipinski definition) is 2. The number of carbonyl (C=O) groups excluding carboxylic acids is 1. The number of urea groups is 1. The van der Waals surface area contributed by atoms with Gasteiger partial charge >= 0.3 is 6.03 Å². The summed E-state index contributed by atoms with van der Waals surface area (Å²) >= 11 is 0. The molecule has 2 N–H and O–H groups in total. The second-order valence-corrected chi connectivity index (χ2v) is 10.4. The third-order valence-corrected chi connectivity index (χ3v) is 9.08. The molecule has 2 aliphatic carbocycles. The fourth-order valence-corrected chi connectivity index (χ4v) is 6.12. The summed E-state index contributed by atoms with van der Waals surface area (Å²) in [6, 6.07) is 0.0945. The summed E-state index contributed by atoms with van der Waals surface area (Å²) in [6.07, 6.45) is 3.96. The van der Waals surface area contributed by atoms with Gasteiger partial charge in [-0.3, -0.25) is 0 Å². The first-order valence-corrected chi connectivity index (χ1v) is 10.1. The lowest BCUT2D eigenvalue weighted by Gasteiger charge is -2.40. The highest BCUT2D eigenvalue weighted by Gasteiger charge is 2.61. The Hall–Kier alpha value is -0.820. The first kappa shape index (κ1) is 17.0. The third kappa shape index (κ3) is 2.47. The molecule has 2 amide bonds. The van der Waals surface area contributed by atoms with E-state index in [1.54, 1.807) is 4.90 Å². The number of amides is 2. The van der Waals surface area contributed by atoms with Crippen molar-refractivity contribution in [3.8, 4) is 0 Å². The Balaban J connectivity index is 1.64. The Morgan fingerprint density at radius 1 is 1.22 bits per heavy atom. The molecule has 3 aliphatic rings. The molecule has 23 heavy (non-hydrogen) atoms. The predicted molar refractivity (Wildman–Crippen MR) is 89.5 cm³/mol. The van der Waals surface area contributed by atoms with Gasteiger partial charge < -0.3 is 10.2 Å². The van der Waals surface area contributed by atoms with Crippen molar-refractivity contribution in [1.29, 1.82) is 0 Å². The van der Waals surface area contributed by atoms with Crippen molar-refractivity contribution in [2.45, 2.75) is 57.7 Å². The zero-order chi connectivity index (χ0) is 17.0. The minimum atomic E-state index is -3.30. The van der Waals surface area contributed by atoms with Crippen molar-refractivity contribution >= 4 is 16.1 Å². The van der Waals surface area contributed by atoms with Gasteiger partial charge in [-0.25, -0.2) is 17.9 Å². The van der Waals surface area contributed by atoms with E-state index in [0.717, 1.165) is 12.8 Å². The molecular weight excluding hydrogens is 314 g/mol. The van der Waals surface area contributed by atoms with E-state index in [4.69, 9.17) is 0 Å². The van der Waals surface area contributed by atoms with E-state index >= 15 is 0 Å². The Labute approximate surface area is 139 Å². The Kier molecular flexibility index (Phi) is 3.95. The number of carbonyl (C=O) groups is 1. The maximum Gasteiger partial charge on any atom is 0.317 e. The Bertz CT molecular complexity index is 604. The summed E-state index contributed by atoms with van der Waals surface area (Å²) in [7, 11) is -1.88. The van der Waals surface area contributed by atoms with Crippen LogP contribution in [-0.4, -0.2) is 50.8 Å². The zero-order valence-corrected chi connectivity index (χ0v) is 15.4. The van der Waals surface area contributed by atoms with Crippen molar-refractivity contribution in [3.63, 3.8) is 0 Å². The van der Waals surface area contributed by atoms with E-state index in [0.29, 0.717) is 18.9 Å². The Morgan fingerprint density at radius 3 is 2.43 bits per heavy atom. The summed E-state index contributed by atoms with van der Waals surface area (Å²) in [5.74, 6) is 0.675. The molecule has 0 unspecified atom stereocenters. The lowest BCUT2D eigenvalue weighted by atomic mass is 9.69. The van der Waals surface area contributed by atoms with Crippen molar-refractivity contribution < 1.29 is 13.2 Å². The van der Waals surface area contributed by atoms with Crippen LogP contribution in [0.4, 0.5) is 4.79 Å². The van der Waals surface area contributed by atoms with Crippen LogP contribution in [-0.2, 0) is 10.0 Å². The molecule has 1 saturated heterocycles. The number of fused-ring (bicyclic) bond motifs is 2. The highest BCUT2D eigenvalue weighted by molar-refractivity contribution is 7.90. The summed E-state index contributed by atoms with van der Waals surface area (Å²) in [5.41, 5.74) is 0.400. The fourth-order valence-electron chi connectivity index (χ4n) is 4.99. The van der Waals surface area contributed by atoms with E-state index in [1.165, 1.54) is 13.5 Å². The van der Waals surface area contributed by atoms with E-state index in [9.17, 15) is 13.2 Å². The second-order valence-electron chi connectivity index (χ2n) is 8.22. The van der Waals surface area contributed by atoms with Crippen LogP contribution in [0.1, 0.15) is 46.5 Å². The molecule has 0 aromatic heterocycles. The lowest BCUT2D eigenvalue weighted by molar-refractivity contribution is 0.119. The summed E-state index contributed by atoms with van der Waals surface area (Å²) in [6.45, 7) is 7.73. The molecule has 132 valence electrons. The Morgan fingerprint density at radius 2 is 1.91 bits per heavy atom. The van der Waals surface area contributed by atoms with Gasteiger partial charge in [-0.1, -0.05) is 20.8 Å². The number of rotatable bonds is 3. The number of likely N-dealkylation sites (tertiary alicyclic amines) is 1. The molecule has 3 rings (SSSR count). The molecule has 1 heterocycles. The minimum Gasteiger partial charge on any atom is -0.335 e. The molecule has 0 radical (unpaired) electrons. The van der Waals surface area contributed by atoms with E-state index in [1.807, 2.05) is 0 Å². The van der Waals surface area contributed by atoms with Crippen LogP contribution in [0.25, 0.3) is 0 Å². The highest BCUT2D eigenvalue weighted by Crippen LogP contribution is 2.65. The van der Waals surface area contributed by atoms with Crippen molar-refractivity contribution in [2.75, 3.05) is 20.1 Å². The van der Waals surface area contributed by atoms with Gasteiger partial charge in [-0.05, 0) is 49.5 Å². The van der Waals surface area contributed by atoms with Gasteiger partial charge in [0.2, 0.25) is 10.0 Å². The molecule has 2 saturated carbocycles. The second kappa shape index (κ2) is 5.34. The van der Waals surface area contributed by atoms with Gasteiger partial charge in [-0.2, -0.15) is 0 Å². The summed E-state index contributed by atoms with van der Waals surface area (Å²) in [4.78, 5) is 14.2. The van der Waals surface area contributed by atoms with Crippen LogP contribution < -0.4 is 10.0 Å². The quantitative estimate of drug-likeness (QED) is 0.816. The fraction of sp³-hybridized carbons (Fsp3) is 0.938. The monoisotopic (exact) mass is 343 g/mol. The summed E-state index contributed by atoms with van der Waals surface area (Å²) < 4.78 is 26.1. The van der Waals surface area contributed by atoms with E-state index < -0.39 is 15.3 Å². The summed E-state index contributed by atoms with van der Waals surface area (Å²) in [5, 5.41) is 2.72. The maximum absolute atomic E-state index is 12.6. The molecule has 4 atom stereocenters. The van der Waals surface area contributed by atoms with Crippen LogP contribution in [0.3, 0.4) is 0 Å². The molecule has 0 aromatic rings. The average molecular weight is 343 g/mol. The number of nitrogens with one attached hydrogen (secondary N) is 2. The molecule has 1 aliphatic heterocycles. The van der Waals surface area contributed by atoms with E-state index in [2.05, 4.69) is 30.8 Å². The molecule has 3 fully saturated rings. The van der Waals surface area contributed by atoms with Gasteiger partial charge in [0.25, 0.3) is 0 Å². The van der Waals surface area contributed by atoms with Crippen LogP contribution >= 0.6 is 0 Å².